The first-order valence-corrected chi connectivity index (χ1v) is 9.79. The van der Waals surface area contributed by atoms with Crippen molar-refractivity contribution < 1.29 is 14.4 Å². The number of aliphatic hydroxyl groups excluding tert-OH is 1. The monoisotopic (exact) mass is 396 g/mol. The molecule has 7 nitrogen and oxygen atoms in total. The highest BCUT2D eigenvalue weighted by Crippen LogP contribution is 2.30. The maximum atomic E-state index is 9.28. The van der Waals surface area contributed by atoms with E-state index in [2.05, 4.69) is 27.3 Å². The summed E-state index contributed by atoms with van der Waals surface area (Å²) in [5.74, 6) is 1.70. The van der Waals surface area contributed by atoms with Gasteiger partial charge in [0.1, 0.15) is 11.4 Å². The molecule has 3 heterocycles. The van der Waals surface area contributed by atoms with Gasteiger partial charge in [0.15, 0.2) is 17.7 Å². The van der Waals surface area contributed by atoms with Crippen molar-refractivity contribution in [1.29, 1.82) is 0 Å². The van der Waals surface area contributed by atoms with Gasteiger partial charge < -0.3 is 14.7 Å². The van der Waals surface area contributed by atoms with E-state index in [-0.39, 0.29) is 6.61 Å². The quantitative estimate of drug-likeness (QED) is 0.650. The molecule has 1 aliphatic heterocycles. The summed E-state index contributed by atoms with van der Waals surface area (Å²) in [6, 6.07) is 8.02. The Morgan fingerprint density at radius 1 is 1.29 bits per heavy atom. The van der Waals surface area contributed by atoms with Gasteiger partial charge in [-0.15, -0.1) is 4.57 Å². The first kappa shape index (κ1) is 18.4. The molecule has 0 atom stereocenters. The molecule has 0 bridgehead atoms. The number of thiazole rings is 1. The van der Waals surface area contributed by atoms with Crippen LogP contribution >= 0.6 is 11.3 Å². The summed E-state index contributed by atoms with van der Waals surface area (Å²) < 4.78 is 9.18. The summed E-state index contributed by atoms with van der Waals surface area (Å²) in [6.07, 6.45) is 5.90. The maximum absolute atomic E-state index is 9.28. The van der Waals surface area contributed by atoms with E-state index >= 15 is 0 Å². The van der Waals surface area contributed by atoms with Crippen LogP contribution in [-0.2, 0) is 6.54 Å². The topological polar surface area (TPSA) is 66.8 Å². The minimum atomic E-state index is 0.0327. The number of aliphatic imine (C=N–C) groups is 1. The van der Waals surface area contributed by atoms with E-state index < -0.39 is 0 Å². The molecule has 0 saturated heterocycles. The molecule has 0 unspecified atom stereocenters. The van der Waals surface area contributed by atoms with Crippen LogP contribution in [0.2, 0.25) is 0 Å². The zero-order chi connectivity index (χ0) is 19.7. The number of nitrogens with zero attached hydrogens (tertiary/aromatic N) is 5. The van der Waals surface area contributed by atoms with Crippen molar-refractivity contribution in [2.24, 2.45) is 4.99 Å². The SMILES string of the molecule is COc1ccc(C2=C/C(=N\c3cnn(CCO)c3N(C)C)c3scc[n+]32)cc1. The molecular weight excluding hydrogens is 374 g/mol. The Balaban J connectivity index is 1.77. The van der Waals surface area contributed by atoms with Gasteiger partial charge in [-0.1, -0.05) is 11.3 Å². The summed E-state index contributed by atoms with van der Waals surface area (Å²) >= 11 is 1.65. The fourth-order valence-electron chi connectivity index (χ4n) is 3.27. The zero-order valence-electron chi connectivity index (χ0n) is 16.0. The number of benzene rings is 1. The van der Waals surface area contributed by atoms with Crippen molar-refractivity contribution in [3.63, 3.8) is 0 Å². The predicted octanol–water partition coefficient (Wildman–Crippen LogP) is 2.32. The van der Waals surface area contributed by atoms with Crippen molar-refractivity contribution in [2.75, 3.05) is 32.7 Å². The number of aromatic nitrogens is 3. The number of anilines is 1. The first-order valence-electron chi connectivity index (χ1n) is 8.91. The van der Waals surface area contributed by atoms with Crippen LogP contribution in [0, 0.1) is 0 Å². The number of ether oxygens (including phenoxy) is 1. The number of fused-ring (bicyclic) bond motifs is 1. The maximum Gasteiger partial charge on any atom is 0.293 e. The van der Waals surface area contributed by atoms with Crippen LogP contribution < -0.4 is 14.2 Å². The number of allylic oxidation sites excluding steroid dienone is 1. The Labute approximate surface area is 167 Å². The van der Waals surface area contributed by atoms with Crippen molar-refractivity contribution >= 4 is 34.3 Å². The average molecular weight is 396 g/mol. The van der Waals surface area contributed by atoms with E-state index in [4.69, 9.17) is 9.73 Å². The third-order valence-corrected chi connectivity index (χ3v) is 5.40. The first-order chi connectivity index (χ1) is 13.6. The lowest BCUT2D eigenvalue weighted by molar-refractivity contribution is -0.571. The van der Waals surface area contributed by atoms with E-state index in [1.807, 2.05) is 43.3 Å². The summed E-state index contributed by atoms with van der Waals surface area (Å²) in [4.78, 5) is 6.87. The zero-order valence-corrected chi connectivity index (χ0v) is 16.8. The Kier molecular flexibility index (Phi) is 4.97. The molecule has 1 aromatic carbocycles. The van der Waals surface area contributed by atoms with E-state index in [1.165, 1.54) is 0 Å². The van der Waals surface area contributed by atoms with Crippen LogP contribution in [-0.4, -0.2) is 48.4 Å². The van der Waals surface area contributed by atoms with Crippen molar-refractivity contribution in [3.05, 3.63) is 58.7 Å². The highest BCUT2D eigenvalue weighted by atomic mass is 32.1. The molecule has 28 heavy (non-hydrogen) atoms. The second-order valence-electron chi connectivity index (χ2n) is 6.53. The van der Waals surface area contributed by atoms with E-state index in [1.54, 1.807) is 29.3 Å². The highest BCUT2D eigenvalue weighted by Gasteiger charge is 2.32. The minimum Gasteiger partial charge on any atom is -0.497 e. The van der Waals surface area contributed by atoms with Gasteiger partial charge in [0.25, 0.3) is 5.01 Å². The molecule has 144 valence electrons. The third kappa shape index (κ3) is 3.21. The van der Waals surface area contributed by atoms with Crippen LogP contribution in [0.3, 0.4) is 0 Å². The summed E-state index contributed by atoms with van der Waals surface area (Å²) in [7, 11) is 5.57. The van der Waals surface area contributed by atoms with Gasteiger partial charge in [0.05, 0.1) is 31.8 Å². The van der Waals surface area contributed by atoms with E-state index in [0.29, 0.717) is 6.54 Å². The third-order valence-electron chi connectivity index (χ3n) is 4.52. The van der Waals surface area contributed by atoms with Gasteiger partial charge in [-0.3, -0.25) is 0 Å². The van der Waals surface area contributed by atoms with Crippen LogP contribution in [0.4, 0.5) is 11.5 Å². The average Bonchev–Trinajstić information content (AvgIpc) is 3.39. The molecular formula is C20H22N5O2S+. The Morgan fingerprint density at radius 3 is 2.75 bits per heavy atom. The van der Waals surface area contributed by atoms with Gasteiger partial charge in [0, 0.05) is 25.7 Å². The molecule has 0 spiro atoms. The highest BCUT2D eigenvalue weighted by molar-refractivity contribution is 7.11. The van der Waals surface area contributed by atoms with Gasteiger partial charge >= 0.3 is 0 Å². The lowest BCUT2D eigenvalue weighted by Crippen LogP contribution is -2.31. The van der Waals surface area contributed by atoms with E-state index in [0.717, 1.165) is 39.2 Å². The van der Waals surface area contributed by atoms with Gasteiger partial charge in [-0.05, 0) is 24.3 Å². The molecule has 0 amide bonds. The lowest BCUT2D eigenvalue weighted by Gasteiger charge is -2.15. The van der Waals surface area contributed by atoms with Crippen LogP contribution in [0.5, 0.6) is 5.75 Å². The molecule has 0 radical (unpaired) electrons. The second kappa shape index (κ2) is 7.57. The molecule has 1 aliphatic rings. The van der Waals surface area contributed by atoms with E-state index in [9.17, 15) is 5.11 Å². The van der Waals surface area contributed by atoms with Crippen LogP contribution in [0.25, 0.3) is 5.70 Å². The Morgan fingerprint density at radius 2 is 2.07 bits per heavy atom. The lowest BCUT2D eigenvalue weighted by atomic mass is 10.1. The van der Waals surface area contributed by atoms with Crippen molar-refractivity contribution in [2.45, 2.75) is 6.54 Å². The molecule has 3 aromatic rings. The number of aliphatic hydroxyl groups is 1. The normalized spacial score (nSPS) is 14.3. The van der Waals surface area contributed by atoms with Crippen LogP contribution in [0.1, 0.15) is 10.6 Å². The molecule has 0 aliphatic carbocycles. The Hall–Kier alpha value is -2.97. The minimum absolute atomic E-state index is 0.0327. The second-order valence-corrected chi connectivity index (χ2v) is 7.42. The smallest absolute Gasteiger partial charge is 0.293 e. The summed E-state index contributed by atoms with van der Waals surface area (Å²) in [6.45, 7) is 0.468. The fourth-order valence-corrected chi connectivity index (χ4v) is 4.08. The molecule has 0 fully saturated rings. The predicted molar refractivity (Wildman–Crippen MR) is 111 cm³/mol. The molecule has 2 aromatic heterocycles. The fraction of sp³-hybridized carbons (Fsp3) is 0.250. The van der Waals surface area contributed by atoms with Crippen molar-refractivity contribution in [3.8, 4) is 5.75 Å². The standard InChI is InChI=1S/C20H22N5O2S/c1-23(2)19-17(13-21-25(19)8-10-26)22-16-12-18(24-9-11-28-20(16)24)14-4-6-15(27-3)7-5-14/h4-7,9,11-13,26H,8,10H2,1-3H3/q+1. The summed E-state index contributed by atoms with van der Waals surface area (Å²) in [5, 5.41) is 16.8. The number of hydrogen-bond donors (Lipinski definition) is 1. The van der Waals surface area contributed by atoms with Gasteiger partial charge in [-0.2, -0.15) is 5.10 Å². The van der Waals surface area contributed by atoms with Crippen LogP contribution in [0.15, 0.2) is 53.1 Å². The molecule has 8 heteroatoms. The largest absolute Gasteiger partial charge is 0.497 e. The summed E-state index contributed by atoms with van der Waals surface area (Å²) in [5.41, 5.74) is 3.85. The number of hydrogen-bond acceptors (Lipinski definition) is 6. The number of methoxy groups -OCH3 is 1. The number of rotatable bonds is 6. The Bertz CT molecular complexity index is 1050. The van der Waals surface area contributed by atoms with Gasteiger partial charge in [0.2, 0.25) is 5.70 Å². The van der Waals surface area contributed by atoms with Crippen molar-refractivity contribution in [1.82, 2.24) is 9.78 Å². The molecule has 1 N–H and O–H groups in total. The molecule has 0 saturated carbocycles. The van der Waals surface area contributed by atoms with Gasteiger partial charge in [-0.25, -0.2) is 9.67 Å². The molecule has 4 rings (SSSR count).